The van der Waals surface area contributed by atoms with Gasteiger partial charge in [0.1, 0.15) is 12.3 Å². The van der Waals surface area contributed by atoms with Crippen LogP contribution in [0.3, 0.4) is 0 Å². The number of aryl methyl sites for hydroxylation is 2. The molecule has 0 aromatic heterocycles. The van der Waals surface area contributed by atoms with Crippen molar-refractivity contribution < 1.29 is 17.9 Å². The van der Waals surface area contributed by atoms with Gasteiger partial charge in [-0.15, -0.1) is 0 Å². The number of methoxy groups -OCH3 is 1. The highest BCUT2D eigenvalue weighted by atomic mass is 32.2. The number of carbonyl (C=O) groups excluding carboxylic acids is 1. The van der Waals surface area contributed by atoms with Crippen LogP contribution in [0, 0.1) is 13.8 Å². The molecule has 0 unspecified atom stereocenters. The smallest absolute Gasteiger partial charge is 0.244 e. The molecule has 164 valence electrons. The highest BCUT2D eigenvalue weighted by Crippen LogP contribution is 2.37. The number of thioether (sulfide) groups is 1. The van der Waals surface area contributed by atoms with Crippen molar-refractivity contribution in [2.45, 2.75) is 25.1 Å². The highest BCUT2D eigenvalue weighted by Gasteiger charge is 2.44. The van der Waals surface area contributed by atoms with Gasteiger partial charge in [-0.3, -0.25) is 9.79 Å². The molecule has 0 saturated carbocycles. The zero-order chi connectivity index (χ0) is 22.2. The van der Waals surface area contributed by atoms with E-state index in [-0.39, 0.29) is 35.2 Å². The van der Waals surface area contributed by atoms with Gasteiger partial charge in [-0.2, -0.15) is 0 Å². The molecule has 0 bridgehead atoms. The van der Waals surface area contributed by atoms with E-state index in [1.165, 1.54) is 11.8 Å². The Balaban J connectivity index is 1.61. The van der Waals surface area contributed by atoms with Gasteiger partial charge >= 0.3 is 0 Å². The molecule has 2 atom stereocenters. The first-order valence-corrected chi connectivity index (χ1v) is 12.7. The molecule has 0 radical (unpaired) electrons. The number of rotatable bonds is 5. The van der Waals surface area contributed by atoms with E-state index in [1.807, 2.05) is 61.2 Å². The van der Waals surface area contributed by atoms with Crippen molar-refractivity contribution in [2.75, 3.05) is 35.4 Å². The number of benzene rings is 2. The van der Waals surface area contributed by atoms with Crippen LogP contribution in [-0.2, 0) is 14.6 Å². The Bertz CT molecular complexity index is 1130. The predicted molar refractivity (Wildman–Crippen MR) is 126 cm³/mol. The number of amidine groups is 1. The van der Waals surface area contributed by atoms with Crippen molar-refractivity contribution in [3.8, 4) is 5.75 Å². The van der Waals surface area contributed by atoms with Gasteiger partial charge in [0.2, 0.25) is 5.91 Å². The summed E-state index contributed by atoms with van der Waals surface area (Å²) in [6.07, 6.45) is 0. The van der Waals surface area contributed by atoms with Crippen LogP contribution in [0.2, 0.25) is 0 Å². The number of nitrogens with one attached hydrogen (secondary N) is 1. The summed E-state index contributed by atoms with van der Waals surface area (Å²) in [5.74, 6) is 0.683. The monoisotopic (exact) mass is 459 g/mol. The summed E-state index contributed by atoms with van der Waals surface area (Å²) in [5, 5.41) is 3.58. The quantitative estimate of drug-likeness (QED) is 0.740. The first kappa shape index (κ1) is 21.7. The molecule has 2 aromatic carbocycles. The van der Waals surface area contributed by atoms with Crippen LogP contribution in [0.1, 0.15) is 11.1 Å². The maximum absolute atomic E-state index is 13.0. The number of nitrogens with zero attached hydrogens (tertiary/aromatic N) is 2. The Morgan fingerprint density at radius 1 is 1.19 bits per heavy atom. The van der Waals surface area contributed by atoms with Gasteiger partial charge < -0.3 is 15.0 Å². The zero-order valence-electron chi connectivity index (χ0n) is 17.7. The lowest BCUT2D eigenvalue weighted by molar-refractivity contribution is -0.114. The number of fused-ring (bicyclic) bond motifs is 1. The summed E-state index contributed by atoms with van der Waals surface area (Å²) in [4.78, 5) is 19.5. The second-order valence-electron chi connectivity index (χ2n) is 7.81. The number of carbonyl (C=O) groups is 1. The molecule has 0 aliphatic carbocycles. The summed E-state index contributed by atoms with van der Waals surface area (Å²) >= 11 is 1.43. The van der Waals surface area contributed by atoms with E-state index < -0.39 is 9.84 Å². The van der Waals surface area contributed by atoms with Gasteiger partial charge in [-0.25, -0.2) is 8.42 Å². The molecule has 2 aliphatic heterocycles. The lowest BCUT2D eigenvalue weighted by Gasteiger charge is -2.25. The third-order valence-electron chi connectivity index (χ3n) is 5.45. The Morgan fingerprint density at radius 3 is 2.58 bits per heavy atom. The zero-order valence-corrected chi connectivity index (χ0v) is 19.3. The van der Waals surface area contributed by atoms with Gasteiger partial charge in [-0.05, 0) is 37.1 Å². The van der Waals surface area contributed by atoms with E-state index in [0.29, 0.717) is 10.9 Å². The number of ether oxygens (including phenoxy) is 1. The Labute approximate surface area is 186 Å². The second kappa shape index (κ2) is 8.55. The van der Waals surface area contributed by atoms with Crippen LogP contribution in [0.5, 0.6) is 5.75 Å². The van der Waals surface area contributed by atoms with E-state index in [4.69, 9.17) is 4.74 Å². The van der Waals surface area contributed by atoms with Gasteiger partial charge in [-0.1, -0.05) is 36.0 Å². The SMILES string of the molecule is COc1cccc(N(CC(=O)Nc2c(C)cccc2C)C2=N[C@H]3CS(=O)(=O)C[C@@H]3S2)c1. The molecule has 0 spiro atoms. The molecule has 9 heteroatoms. The molecule has 1 amide bonds. The number of anilines is 2. The van der Waals surface area contributed by atoms with Gasteiger partial charge in [0.25, 0.3) is 0 Å². The fourth-order valence-corrected chi connectivity index (χ4v) is 7.63. The average molecular weight is 460 g/mol. The average Bonchev–Trinajstić information content (AvgIpc) is 3.22. The molecule has 2 aromatic rings. The van der Waals surface area contributed by atoms with Crippen molar-refractivity contribution >= 4 is 44.0 Å². The number of hydrogen-bond acceptors (Lipinski definition) is 7. The lowest BCUT2D eigenvalue weighted by atomic mass is 10.1. The van der Waals surface area contributed by atoms with Gasteiger partial charge in [0, 0.05) is 22.7 Å². The standard InChI is InChI=1S/C22H25N3O4S2/c1-14-6-4-7-15(2)21(14)24-20(26)11-25(16-8-5-9-17(10-16)29-3)22-23-18-12-31(27,28)13-19(18)30-22/h4-10,18-19H,11-13H2,1-3H3,(H,24,26)/t18-,19-/m0/s1. The molecule has 2 aliphatic rings. The largest absolute Gasteiger partial charge is 0.497 e. The van der Waals surface area contributed by atoms with E-state index in [1.54, 1.807) is 7.11 Å². The highest BCUT2D eigenvalue weighted by molar-refractivity contribution is 8.15. The molecule has 31 heavy (non-hydrogen) atoms. The van der Waals surface area contributed by atoms with Crippen LogP contribution >= 0.6 is 11.8 Å². The number of amides is 1. The van der Waals surface area contributed by atoms with E-state index in [9.17, 15) is 13.2 Å². The molecule has 1 N–H and O–H groups in total. The molecular formula is C22H25N3O4S2. The van der Waals surface area contributed by atoms with Crippen molar-refractivity contribution in [1.82, 2.24) is 0 Å². The van der Waals surface area contributed by atoms with Crippen LogP contribution in [0.4, 0.5) is 11.4 Å². The fourth-order valence-electron chi connectivity index (χ4n) is 3.85. The summed E-state index contributed by atoms with van der Waals surface area (Å²) in [6.45, 7) is 3.97. The van der Waals surface area contributed by atoms with E-state index >= 15 is 0 Å². The summed E-state index contributed by atoms with van der Waals surface area (Å²) in [5.41, 5.74) is 3.56. The van der Waals surface area contributed by atoms with Crippen molar-refractivity contribution in [2.24, 2.45) is 4.99 Å². The molecular weight excluding hydrogens is 434 g/mol. The summed E-state index contributed by atoms with van der Waals surface area (Å²) in [6, 6.07) is 13.0. The van der Waals surface area contributed by atoms with Crippen molar-refractivity contribution in [3.63, 3.8) is 0 Å². The number of sulfone groups is 1. The van der Waals surface area contributed by atoms with Crippen LogP contribution in [0.25, 0.3) is 0 Å². The maximum atomic E-state index is 13.0. The third-order valence-corrected chi connectivity index (χ3v) is 8.70. The van der Waals surface area contributed by atoms with E-state index in [2.05, 4.69) is 10.3 Å². The third kappa shape index (κ3) is 4.72. The maximum Gasteiger partial charge on any atom is 0.244 e. The summed E-state index contributed by atoms with van der Waals surface area (Å²) in [7, 11) is -1.46. The number of para-hydroxylation sites is 1. The van der Waals surface area contributed by atoms with Gasteiger partial charge in [0.05, 0.1) is 24.7 Å². The first-order valence-electron chi connectivity index (χ1n) is 9.98. The van der Waals surface area contributed by atoms with Gasteiger partial charge in [0.15, 0.2) is 15.0 Å². The minimum absolute atomic E-state index is 0.0545. The molecule has 2 heterocycles. The normalized spacial score (nSPS) is 21.3. The topological polar surface area (TPSA) is 88.1 Å². The van der Waals surface area contributed by atoms with E-state index in [0.717, 1.165) is 22.5 Å². The summed E-state index contributed by atoms with van der Waals surface area (Å²) < 4.78 is 29.2. The molecule has 1 fully saturated rings. The van der Waals surface area contributed by atoms with Crippen LogP contribution < -0.4 is 15.0 Å². The lowest BCUT2D eigenvalue weighted by Crippen LogP contribution is -2.37. The van der Waals surface area contributed by atoms with Crippen molar-refractivity contribution in [3.05, 3.63) is 53.6 Å². The molecule has 1 saturated heterocycles. The second-order valence-corrected chi connectivity index (χ2v) is 11.2. The minimum Gasteiger partial charge on any atom is -0.497 e. The van der Waals surface area contributed by atoms with Crippen LogP contribution in [-0.4, -0.2) is 55.9 Å². The fraction of sp³-hybridized carbons (Fsp3) is 0.364. The minimum atomic E-state index is -3.05. The predicted octanol–water partition coefficient (Wildman–Crippen LogP) is 3.03. The van der Waals surface area contributed by atoms with Crippen molar-refractivity contribution in [1.29, 1.82) is 0 Å². The Morgan fingerprint density at radius 2 is 1.90 bits per heavy atom. The Hall–Kier alpha value is -2.52. The molecule has 7 nitrogen and oxygen atoms in total. The number of hydrogen-bond donors (Lipinski definition) is 1. The Kier molecular flexibility index (Phi) is 5.98. The first-order chi connectivity index (χ1) is 14.8. The number of aliphatic imine (C=N–C) groups is 1. The molecule has 4 rings (SSSR count). The van der Waals surface area contributed by atoms with Crippen LogP contribution in [0.15, 0.2) is 47.5 Å².